The third-order valence-electron chi connectivity index (χ3n) is 3.54. The van der Waals surface area contributed by atoms with Gasteiger partial charge in [-0.25, -0.2) is 0 Å². The van der Waals surface area contributed by atoms with Crippen LogP contribution in [0.4, 0.5) is 0 Å². The van der Waals surface area contributed by atoms with Gasteiger partial charge in [-0.2, -0.15) is 0 Å². The van der Waals surface area contributed by atoms with E-state index in [2.05, 4.69) is 34.6 Å². The fourth-order valence-electron chi connectivity index (χ4n) is 2.11. The van der Waals surface area contributed by atoms with Crippen LogP contribution in [0.1, 0.15) is 38.1 Å². The number of ether oxygens (including phenoxy) is 1. The molecule has 0 amide bonds. The minimum Gasteiger partial charge on any atom is -0.487 e. The predicted molar refractivity (Wildman–Crippen MR) is 116 cm³/mol. The van der Waals surface area contributed by atoms with Gasteiger partial charge in [0.1, 0.15) is 11.9 Å². The number of para-hydroxylation sites is 1. The maximum atomic E-state index is 6.10. The molecule has 2 aromatic rings. The van der Waals surface area contributed by atoms with Crippen molar-refractivity contribution in [3.63, 3.8) is 0 Å². The topological polar surface area (TPSA) is 71.7 Å². The van der Waals surface area contributed by atoms with Crippen LogP contribution in [0.2, 0.25) is 5.02 Å². The lowest BCUT2D eigenvalue weighted by molar-refractivity contribution is 0.224. The van der Waals surface area contributed by atoms with Crippen LogP contribution < -0.4 is 15.4 Å². The van der Waals surface area contributed by atoms with E-state index in [9.17, 15) is 0 Å². The average molecular weight is 493 g/mol. The molecular formula is C18H26ClIN4O2. The molecule has 1 aromatic heterocycles. The van der Waals surface area contributed by atoms with Crippen LogP contribution >= 0.6 is 35.6 Å². The first kappa shape index (κ1) is 22.6. The molecule has 1 atom stereocenters. The largest absolute Gasteiger partial charge is 0.487 e. The van der Waals surface area contributed by atoms with E-state index < -0.39 is 0 Å². The summed E-state index contributed by atoms with van der Waals surface area (Å²) in [6, 6.07) is 9.37. The Balaban J connectivity index is 0.00000338. The summed E-state index contributed by atoms with van der Waals surface area (Å²) in [6.07, 6.45) is -0.0729. The zero-order valence-corrected chi connectivity index (χ0v) is 18.5. The molecule has 1 unspecified atom stereocenters. The first-order valence-corrected chi connectivity index (χ1v) is 8.68. The molecule has 8 heteroatoms. The molecule has 2 N–H and O–H groups in total. The summed E-state index contributed by atoms with van der Waals surface area (Å²) in [6.45, 7) is 7.22. The summed E-state index contributed by atoms with van der Waals surface area (Å²) in [4.78, 5) is 4.19. The van der Waals surface area contributed by atoms with Crippen molar-refractivity contribution in [2.75, 3.05) is 13.6 Å². The lowest BCUT2D eigenvalue weighted by Crippen LogP contribution is -2.41. The molecule has 1 aromatic carbocycles. The highest BCUT2D eigenvalue weighted by molar-refractivity contribution is 14.0. The number of hydrogen-bond acceptors (Lipinski definition) is 4. The van der Waals surface area contributed by atoms with Crippen molar-refractivity contribution >= 4 is 41.5 Å². The van der Waals surface area contributed by atoms with Crippen molar-refractivity contribution in [1.82, 2.24) is 15.8 Å². The number of halogens is 2. The van der Waals surface area contributed by atoms with Crippen molar-refractivity contribution in [1.29, 1.82) is 0 Å². The highest BCUT2D eigenvalue weighted by atomic mass is 127. The van der Waals surface area contributed by atoms with Crippen LogP contribution in [-0.4, -0.2) is 30.8 Å². The van der Waals surface area contributed by atoms with Crippen LogP contribution in [0.3, 0.4) is 0 Å². The number of aromatic nitrogens is 1. The van der Waals surface area contributed by atoms with Gasteiger partial charge in [0.15, 0.2) is 11.7 Å². The molecule has 0 saturated heterocycles. The third kappa shape index (κ3) is 7.03. The lowest BCUT2D eigenvalue weighted by Gasteiger charge is -2.18. The first-order valence-electron chi connectivity index (χ1n) is 8.30. The summed E-state index contributed by atoms with van der Waals surface area (Å²) in [5, 5.41) is 11.1. The quantitative estimate of drug-likeness (QED) is 0.344. The van der Waals surface area contributed by atoms with E-state index in [1.807, 2.05) is 31.2 Å². The highest BCUT2D eigenvalue weighted by Crippen LogP contribution is 2.24. The van der Waals surface area contributed by atoms with E-state index in [1.165, 1.54) is 0 Å². The van der Waals surface area contributed by atoms with Crippen LogP contribution in [0.25, 0.3) is 0 Å². The van der Waals surface area contributed by atoms with Crippen molar-refractivity contribution < 1.29 is 9.26 Å². The number of nitrogens with one attached hydrogen (secondary N) is 2. The Morgan fingerprint density at radius 3 is 2.62 bits per heavy atom. The van der Waals surface area contributed by atoms with Gasteiger partial charge in [-0.3, -0.25) is 4.99 Å². The molecule has 0 fully saturated rings. The van der Waals surface area contributed by atoms with Gasteiger partial charge in [-0.15, -0.1) is 24.0 Å². The summed E-state index contributed by atoms with van der Waals surface area (Å²) < 4.78 is 11.1. The van der Waals surface area contributed by atoms with Gasteiger partial charge < -0.3 is 19.9 Å². The molecule has 0 aliphatic carbocycles. The summed E-state index contributed by atoms with van der Waals surface area (Å²) in [7, 11) is 1.72. The maximum Gasteiger partial charge on any atom is 0.191 e. The standard InChI is InChI=1S/C18H25ClN4O2.HI/c1-12(2)16-9-14(25-23-16)11-22-18(20-4)21-10-13(3)24-17-8-6-5-7-15(17)19;/h5-9,12-13H,10-11H2,1-4H3,(H2,20,21,22);1H. The molecule has 1 heterocycles. The normalized spacial score (nSPS) is 12.5. The van der Waals surface area contributed by atoms with E-state index in [1.54, 1.807) is 13.1 Å². The molecule has 144 valence electrons. The Morgan fingerprint density at radius 2 is 2.00 bits per heavy atom. The molecule has 0 spiro atoms. The van der Waals surface area contributed by atoms with Gasteiger partial charge >= 0.3 is 0 Å². The Morgan fingerprint density at radius 1 is 1.27 bits per heavy atom. The van der Waals surface area contributed by atoms with Gasteiger partial charge in [0, 0.05) is 13.1 Å². The fourth-order valence-corrected chi connectivity index (χ4v) is 2.30. The van der Waals surface area contributed by atoms with Gasteiger partial charge in [0.25, 0.3) is 0 Å². The van der Waals surface area contributed by atoms with Crippen molar-refractivity contribution in [3.8, 4) is 5.75 Å². The predicted octanol–water partition coefficient (Wildman–Crippen LogP) is 4.20. The van der Waals surface area contributed by atoms with E-state index in [4.69, 9.17) is 20.9 Å². The van der Waals surface area contributed by atoms with Gasteiger partial charge in [0.05, 0.1) is 23.8 Å². The maximum absolute atomic E-state index is 6.10. The van der Waals surface area contributed by atoms with Gasteiger partial charge in [0.2, 0.25) is 0 Å². The summed E-state index contributed by atoms with van der Waals surface area (Å²) >= 11 is 6.10. The third-order valence-corrected chi connectivity index (χ3v) is 3.86. The zero-order chi connectivity index (χ0) is 18.2. The minimum atomic E-state index is -0.0729. The Bertz CT molecular complexity index is 706. The summed E-state index contributed by atoms with van der Waals surface area (Å²) in [5.74, 6) is 2.45. The molecule has 0 aliphatic heterocycles. The van der Waals surface area contributed by atoms with E-state index in [-0.39, 0.29) is 30.1 Å². The summed E-state index contributed by atoms with van der Waals surface area (Å²) in [5.41, 5.74) is 0.946. The van der Waals surface area contributed by atoms with E-state index in [0.29, 0.717) is 35.7 Å². The van der Waals surface area contributed by atoms with Crippen molar-refractivity contribution in [3.05, 3.63) is 46.8 Å². The highest BCUT2D eigenvalue weighted by Gasteiger charge is 2.10. The van der Waals surface area contributed by atoms with Crippen LogP contribution in [0, 0.1) is 0 Å². The second kappa shape index (κ2) is 11.3. The Labute approximate surface area is 176 Å². The van der Waals surface area contributed by atoms with Gasteiger partial charge in [-0.1, -0.05) is 42.7 Å². The van der Waals surface area contributed by atoms with E-state index in [0.717, 1.165) is 11.5 Å². The Hall–Kier alpha value is -1.48. The molecule has 0 aliphatic rings. The zero-order valence-electron chi connectivity index (χ0n) is 15.5. The Kier molecular flexibility index (Phi) is 9.79. The van der Waals surface area contributed by atoms with E-state index >= 15 is 0 Å². The first-order chi connectivity index (χ1) is 12.0. The van der Waals surface area contributed by atoms with Gasteiger partial charge in [-0.05, 0) is 25.0 Å². The second-order valence-electron chi connectivity index (χ2n) is 6.04. The van der Waals surface area contributed by atoms with Crippen LogP contribution in [0.15, 0.2) is 39.8 Å². The average Bonchev–Trinajstić information content (AvgIpc) is 3.06. The van der Waals surface area contributed by atoms with Crippen molar-refractivity contribution in [2.45, 2.75) is 39.3 Å². The smallest absolute Gasteiger partial charge is 0.191 e. The van der Waals surface area contributed by atoms with Crippen LogP contribution in [0.5, 0.6) is 5.75 Å². The number of benzene rings is 1. The molecular weight excluding hydrogens is 467 g/mol. The van der Waals surface area contributed by atoms with Crippen molar-refractivity contribution in [2.24, 2.45) is 4.99 Å². The SMILES string of the molecule is CN=C(NCc1cc(C(C)C)no1)NCC(C)Oc1ccccc1Cl.I. The van der Waals surface area contributed by atoms with Crippen LogP contribution in [-0.2, 0) is 6.54 Å². The minimum absolute atomic E-state index is 0. The molecule has 0 saturated carbocycles. The number of aliphatic imine (C=N–C) groups is 1. The molecule has 2 rings (SSSR count). The fraction of sp³-hybridized carbons (Fsp3) is 0.444. The molecule has 6 nitrogen and oxygen atoms in total. The monoisotopic (exact) mass is 492 g/mol. The second-order valence-corrected chi connectivity index (χ2v) is 6.45. The number of nitrogens with zero attached hydrogens (tertiary/aromatic N) is 2. The number of guanidine groups is 1. The lowest BCUT2D eigenvalue weighted by atomic mass is 10.1. The molecule has 0 bridgehead atoms. The number of rotatable bonds is 7. The number of hydrogen-bond donors (Lipinski definition) is 2. The molecule has 26 heavy (non-hydrogen) atoms. The molecule has 0 radical (unpaired) electrons.